The number of hydrogen-bond donors (Lipinski definition) is 2. The van der Waals surface area contributed by atoms with Gasteiger partial charge in [-0.3, -0.25) is 0 Å². The number of sulfonamides is 1. The Morgan fingerprint density at radius 1 is 1.00 bits per heavy atom. The summed E-state index contributed by atoms with van der Waals surface area (Å²) >= 11 is 0. The zero-order valence-corrected chi connectivity index (χ0v) is 17.3. The topological polar surface area (TPSA) is 82.0 Å². The monoisotopic (exact) mass is 417 g/mol. The number of hydrogen-bond acceptors (Lipinski definition) is 4. The van der Waals surface area contributed by atoms with E-state index in [1.165, 1.54) is 0 Å². The third-order valence-corrected chi connectivity index (χ3v) is 6.95. The van der Waals surface area contributed by atoms with Crippen molar-refractivity contribution in [3.8, 4) is 6.07 Å². The first kappa shape index (κ1) is 20.1. The van der Waals surface area contributed by atoms with Crippen molar-refractivity contribution < 1.29 is 8.42 Å². The van der Waals surface area contributed by atoms with Crippen LogP contribution < -0.4 is 10.0 Å². The highest BCUT2D eigenvalue weighted by Gasteiger charge is 2.25. The Bertz CT molecular complexity index is 1160. The molecular weight excluding hydrogens is 394 g/mol. The van der Waals surface area contributed by atoms with E-state index in [0.29, 0.717) is 19.4 Å². The molecule has 0 bridgehead atoms. The van der Waals surface area contributed by atoms with Crippen LogP contribution in [0.3, 0.4) is 0 Å². The Labute approximate surface area is 177 Å². The van der Waals surface area contributed by atoms with Crippen molar-refractivity contribution in [1.29, 1.82) is 5.26 Å². The molecule has 4 rings (SSSR count). The van der Waals surface area contributed by atoms with Crippen LogP contribution in [0.25, 0.3) is 0 Å². The molecule has 0 saturated heterocycles. The van der Waals surface area contributed by atoms with Gasteiger partial charge in [0.2, 0.25) is 10.0 Å². The van der Waals surface area contributed by atoms with Crippen molar-refractivity contribution in [2.75, 3.05) is 11.9 Å². The summed E-state index contributed by atoms with van der Waals surface area (Å²) in [5.74, 6) is -0.0112. The van der Waals surface area contributed by atoms with Crippen LogP contribution >= 0.6 is 0 Å². The minimum Gasteiger partial charge on any atom is -0.383 e. The van der Waals surface area contributed by atoms with E-state index >= 15 is 0 Å². The van der Waals surface area contributed by atoms with Gasteiger partial charge >= 0.3 is 0 Å². The second kappa shape index (κ2) is 8.70. The minimum atomic E-state index is -3.57. The maximum atomic E-state index is 12.7. The Kier molecular flexibility index (Phi) is 5.84. The van der Waals surface area contributed by atoms with E-state index in [-0.39, 0.29) is 16.9 Å². The van der Waals surface area contributed by atoms with E-state index in [1.807, 2.05) is 36.4 Å². The zero-order valence-electron chi connectivity index (χ0n) is 16.5. The van der Waals surface area contributed by atoms with Crippen LogP contribution in [0.4, 0.5) is 5.69 Å². The molecule has 0 spiro atoms. The first-order valence-corrected chi connectivity index (χ1v) is 11.4. The van der Waals surface area contributed by atoms with E-state index in [1.54, 1.807) is 30.3 Å². The second-order valence-electron chi connectivity index (χ2n) is 7.46. The normalized spacial score (nSPS) is 16.7. The summed E-state index contributed by atoms with van der Waals surface area (Å²) in [5.41, 5.74) is 4.23. The molecule has 2 unspecified atom stereocenters. The number of nitriles is 1. The van der Waals surface area contributed by atoms with Gasteiger partial charge in [-0.05, 0) is 41.3 Å². The van der Waals surface area contributed by atoms with Gasteiger partial charge in [-0.2, -0.15) is 5.26 Å². The lowest BCUT2D eigenvalue weighted by Gasteiger charge is -2.28. The summed E-state index contributed by atoms with van der Waals surface area (Å²) in [6, 6.07) is 26.6. The molecule has 2 atom stereocenters. The molecular formula is C24H23N3O2S. The molecule has 1 aliphatic rings. The highest BCUT2D eigenvalue weighted by molar-refractivity contribution is 7.89. The molecule has 30 heavy (non-hydrogen) atoms. The fraction of sp³-hybridized carbons (Fsp3) is 0.208. The van der Waals surface area contributed by atoms with Gasteiger partial charge in [-0.15, -0.1) is 0 Å². The molecule has 6 heteroatoms. The SMILES string of the molecule is N#CCC(c1ccccc1)c1ccc2c(c1)CC(NS(=O)(=O)c1ccccc1)CN2. The van der Waals surface area contributed by atoms with Gasteiger partial charge in [0.15, 0.2) is 0 Å². The first-order valence-electron chi connectivity index (χ1n) is 9.93. The molecule has 1 aliphatic heterocycles. The summed E-state index contributed by atoms with van der Waals surface area (Å²) < 4.78 is 28.2. The standard InChI is InChI=1S/C24H23N3O2S/c25-14-13-23(18-7-3-1-4-8-18)19-11-12-24-20(15-19)16-21(17-26-24)27-30(28,29)22-9-5-2-6-10-22/h1-12,15,21,23,26-27H,13,16-17H2. The molecule has 0 fully saturated rings. The molecule has 2 N–H and O–H groups in total. The predicted molar refractivity (Wildman–Crippen MR) is 118 cm³/mol. The summed E-state index contributed by atoms with van der Waals surface area (Å²) in [7, 11) is -3.57. The number of rotatable bonds is 6. The lowest BCUT2D eigenvalue weighted by atomic mass is 9.86. The second-order valence-corrected chi connectivity index (χ2v) is 9.17. The molecule has 152 valence electrons. The van der Waals surface area contributed by atoms with Gasteiger partial charge in [0.05, 0.1) is 11.0 Å². The molecule has 0 amide bonds. The molecule has 5 nitrogen and oxygen atoms in total. The van der Waals surface area contributed by atoms with Crippen molar-refractivity contribution >= 4 is 15.7 Å². The van der Waals surface area contributed by atoms with E-state index in [0.717, 1.165) is 22.4 Å². The number of nitrogens with one attached hydrogen (secondary N) is 2. The largest absolute Gasteiger partial charge is 0.383 e. The van der Waals surface area contributed by atoms with Crippen LogP contribution in [0.1, 0.15) is 29.0 Å². The fourth-order valence-corrected chi connectivity index (χ4v) is 5.17. The van der Waals surface area contributed by atoms with Crippen molar-refractivity contribution in [2.24, 2.45) is 0 Å². The smallest absolute Gasteiger partial charge is 0.240 e. The summed E-state index contributed by atoms with van der Waals surface area (Å²) in [5, 5.41) is 12.7. The van der Waals surface area contributed by atoms with E-state index < -0.39 is 10.0 Å². The predicted octanol–water partition coefficient (Wildman–Crippen LogP) is 4.05. The molecule has 0 aliphatic carbocycles. The minimum absolute atomic E-state index is 0.0112. The van der Waals surface area contributed by atoms with Crippen LogP contribution in [0.2, 0.25) is 0 Å². The zero-order chi connectivity index (χ0) is 21.0. The van der Waals surface area contributed by atoms with Gasteiger partial charge in [-0.25, -0.2) is 13.1 Å². The summed E-state index contributed by atoms with van der Waals surface area (Å²) in [6.45, 7) is 0.527. The Balaban J connectivity index is 1.57. The quantitative estimate of drug-likeness (QED) is 0.634. The Morgan fingerprint density at radius 3 is 2.40 bits per heavy atom. The number of benzene rings is 3. The van der Waals surface area contributed by atoms with Crippen LogP contribution in [0.15, 0.2) is 83.8 Å². The average molecular weight is 418 g/mol. The van der Waals surface area contributed by atoms with Crippen LogP contribution in [-0.2, 0) is 16.4 Å². The summed E-state index contributed by atoms with van der Waals surface area (Å²) in [6.07, 6.45) is 0.983. The highest BCUT2D eigenvalue weighted by atomic mass is 32.2. The van der Waals surface area contributed by atoms with Crippen LogP contribution in [0.5, 0.6) is 0 Å². The fourth-order valence-electron chi connectivity index (χ4n) is 3.92. The number of nitrogens with zero attached hydrogens (tertiary/aromatic N) is 1. The third-order valence-electron chi connectivity index (χ3n) is 5.41. The van der Waals surface area contributed by atoms with Crippen LogP contribution in [-0.4, -0.2) is 21.0 Å². The van der Waals surface area contributed by atoms with Gasteiger partial charge in [-0.1, -0.05) is 60.7 Å². The van der Waals surface area contributed by atoms with Gasteiger partial charge < -0.3 is 5.32 Å². The molecule has 0 aromatic heterocycles. The van der Waals surface area contributed by atoms with Crippen molar-refractivity contribution in [1.82, 2.24) is 4.72 Å². The maximum absolute atomic E-state index is 12.7. The molecule has 3 aromatic rings. The van der Waals surface area contributed by atoms with Gasteiger partial charge in [0.25, 0.3) is 0 Å². The lowest BCUT2D eigenvalue weighted by molar-refractivity contribution is 0.548. The Morgan fingerprint density at radius 2 is 1.70 bits per heavy atom. The van der Waals surface area contributed by atoms with Gasteiger partial charge in [0, 0.05) is 30.6 Å². The van der Waals surface area contributed by atoms with E-state index in [9.17, 15) is 13.7 Å². The molecule has 0 saturated carbocycles. The average Bonchev–Trinajstić information content (AvgIpc) is 2.78. The summed E-state index contributed by atoms with van der Waals surface area (Å²) in [4.78, 5) is 0.266. The Hall–Kier alpha value is -3.14. The number of fused-ring (bicyclic) bond motifs is 1. The molecule has 1 heterocycles. The maximum Gasteiger partial charge on any atom is 0.240 e. The van der Waals surface area contributed by atoms with Crippen molar-refractivity contribution in [3.63, 3.8) is 0 Å². The van der Waals surface area contributed by atoms with Crippen LogP contribution in [0, 0.1) is 11.3 Å². The highest BCUT2D eigenvalue weighted by Crippen LogP contribution is 2.32. The first-order chi connectivity index (χ1) is 14.6. The van der Waals surface area contributed by atoms with E-state index in [4.69, 9.17) is 0 Å². The van der Waals surface area contributed by atoms with E-state index in [2.05, 4.69) is 28.2 Å². The van der Waals surface area contributed by atoms with Crippen molar-refractivity contribution in [3.05, 3.63) is 95.6 Å². The molecule has 3 aromatic carbocycles. The van der Waals surface area contributed by atoms with Crippen molar-refractivity contribution in [2.45, 2.75) is 29.7 Å². The molecule has 0 radical (unpaired) electrons. The third kappa shape index (κ3) is 4.38. The number of anilines is 1. The van der Waals surface area contributed by atoms with Gasteiger partial charge in [0.1, 0.15) is 0 Å². The lowest BCUT2D eigenvalue weighted by Crippen LogP contribution is -2.43.